The molecular formula is C15H26N2O3. The minimum absolute atomic E-state index is 0.148. The number of rotatable bonds is 5. The molecule has 2 N–H and O–H groups in total. The fourth-order valence-electron chi connectivity index (χ4n) is 3.39. The number of primary amides is 1. The van der Waals surface area contributed by atoms with Crippen LogP contribution in [0.3, 0.4) is 0 Å². The number of hydrogen-bond acceptors (Lipinski definition) is 3. The molecule has 1 saturated carbocycles. The Morgan fingerprint density at radius 2 is 2.05 bits per heavy atom. The summed E-state index contributed by atoms with van der Waals surface area (Å²) >= 11 is 0. The molecule has 2 rings (SSSR count). The molecule has 114 valence electrons. The molecule has 1 aliphatic carbocycles. The second-order valence-corrected chi connectivity index (χ2v) is 6.13. The molecule has 1 aliphatic heterocycles. The number of carbonyl (C=O) groups is 2. The summed E-state index contributed by atoms with van der Waals surface area (Å²) < 4.78 is 5.44. The van der Waals surface area contributed by atoms with Gasteiger partial charge in [-0.15, -0.1) is 0 Å². The van der Waals surface area contributed by atoms with Gasteiger partial charge in [-0.25, -0.2) is 4.79 Å². The molecule has 0 bridgehead atoms. The van der Waals surface area contributed by atoms with Crippen molar-refractivity contribution in [2.75, 3.05) is 6.54 Å². The van der Waals surface area contributed by atoms with Crippen LogP contribution in [-0.2, 0) is 9.53 Å². The SMILES string of the molecule is CC(C1CCCCC1)N1CCC(CCC(N)=O)OC1=O. The van der Waals surface area contributed by atoms with Crippen molar-refractivity contribution in [3.8, 4) is 0 Å². The smallest absolute Gasteiger partial charge is 0.410 e. The van der Waals surface area contributed by atoms with Crippen LogP contribution in [0.4, 0.5) is 4.79 Å². The summed E-state index contributed by atoms with van der Waals surface area (Å²) in [6.07, 6.45) is 7.58. The third-order valence-corrected chi connectivity index (χ3v) is 4.73. The van der Waals surface area contributed by atoms with E-state index in [-0.39, 0.29) is 30.6 Å². The summed E-state index contributed by atoms with van der Waals surface area (Å²) in [4.78, 5) is 24.8. The van der Waals surface area contributed by atoms with E-state index < -0.39 is 0 Å². The first-order valence-electron chi connectivity index (χ1n) is 7.83. The minimum Gasteiger partial charge on any atom is -0.446 e. The number of carbonyl (C=O) groups excluding carboxylic acids is 2. The monoisotopic (exact) mass is 282 g/mol. The van der Waals surface area contributed by atoms with Crippen LogP contribution in [0.1, 0.15) is 58.3 Å². The number of nitrogens with zero attached hydrogens (tertiary/aromatic N) is 1. The van der Waals surface area contributed by atoms with Gasteiger partial charge < -0.3 is 15.4 Å². The lowest BCUT2D eigenvalue weighted by atomic mass is 9.84. The Kier molecular flexibility index (Phi) is 5.26. The molecule has 20 heavy (non-hydrogen) atoms. The Balaban J connectivity index is 1.82. The van der Waals surface area contributed by atoms with E-state index in [0.29, 0.717) is 12.3 Å². The van der Waals surface area contributed by atoms with Crippen LogP contribution in [-0.4, -0.2) is 35.6 Å². The Labute approximate surface area is 120 Å². The summed E-state index contributed by atoms with van der Waals surface area (Å²) in [5.74, 6) is 0.275. The molecular weight excluding hydrogens is 256 g/mol. The van der Waals surface area contributed by atoms with Crippen LogP contribution < -0.4 is 5.73 Å². The molecule has 0 aromatic rings. The summed E-state index contributed by atoms with van der Waals surface area (Å²) in [6, 6.07) is 0.264. The molecule has 0 aromatic heterocycles. The topological polar surface area (TPSA) is 72.6 Å². The highest BCUT2D eigenvalue weighted by atomic mass is 16.6. The van der Waals surface area contributed by atoms with Crippen molar-refractivity contribution in [3.63, 3.8) is 0 Å². The van der Waals surface area contributed by atoms with E-state index >= 15 is 0 Å². The van der Waals surface area contributed by atoms with Gasteiger partial charge in [0.15, 0.2) is 0 Å². The van der Waals surface area contributed by atoms with E-state index in [2.05, 4.69) is 6.92 Å². The molecule has 5 heteroatoms. The van der Waals surface area contributed by atoms with Crippen LogP contribution in [0.15, 0.2) is 0 Å². The minimum atomic E-state index is -0.334. The highest BCUT2D eigenvalue weighted by Gasteiger charge is 2.34. The zero-order valence-corrected chi connectivity index (χ0v) is 12.3. The van der Waals surface area contributed by atoms with Crippen molar-refractivity contribution in [2.24, 2.45) is 11.7 Å². The fraction of sp³-hybridized carbons (Fsp3) is 0.867. The molecule has 2 fully saturated rings. The first-order valence-corrected chi connectivity index (χ1v) is 7.83. The molecule has 1 heterocycles. The summed E-state index contributed by atoms with van der Waals surface area (Å²) in [6.45, 7) is 2.88. The Bertz CT molecular complexity index is 353. The highest BCUT2D eigenvalue weighted by molar-refractivity contribution is 5.74. The lowest BCUT2D eigenvalue weighted by molar-refractivity contribution is -0.118. The van der Waals surface area contributed by atoms with Gasteiger partial charge in [0.25, 0.3) is 0 Å². The maximum absolute atomic E-state index is 12.1. The van der Waals surface area contributed by atoms with Crippen molar-refractivity contribution < 1.29 is 14.3 Å². The molecule has 0 spiro atoms. The largest absolute Gasteiger partial charge is 0.446 e. The van der Waals surface area contributed by atoms with Gasteiger partial charge in [-0.2, -0.15) is 0 Å². The third-order valence-electron chi connectivity index (χ3n) is 4.73. The van der Waals surface area contributed by atoms with Crippen LogP contribution in [0.25, 0.3) is 0 Å². The summed E-state index contributed by atoms with van der Waals surface area (Å²) in [7, 11) is 0. The molecule has 2 atom stereocenters. The van der Waals surface area contributed by atoms with Crippen LogP contribution in [0, 0.1) is 5.92 Å². The van der Waals surface area contributed by atoms with Gasteiger partial charge in [-0.05, 0) is 32.1 Å². The number of amides is 2. The van der Waals surface area contributed by atoms with E-state index in [1.54, 1.807) is 0 Å². The van der Waals surface area contributed by atoms with Gasteiger partial charge in [0.05, 0.1) is 0 Å². The van der Waals surface area contributed by atoms with Crippen molar-refractivity contribution in [3.05, 3.63) is 0 Å². The second kappa shape index (κ2) is 6.95. The molecule has 2 unspecified atom stereocenters. The van der Waals surface area contributed by atoms with Crippen molar-refractivity contribution >= 4 is 12.0 Å². The maximum Gasteiger partial charge on any atom is 0.410 e. The van der Waals surface area contributed by atoms with E-state index in [1.807, 2.05) is 4.90 Å². The van der Waals surface area contributed by atoms with Crippen molar-refractivity contribution in [1.29, 1.82) is 0 Å². The third kappa shape index (κ3) is 3.87. The standard InChI is InChI=1S/C15H26N2O3/c1-11(12-5-3-2-4-6-12)17-10-9-13(20-15(17)19)7-8-14(16)18/h11-13H,2-10H2,1H3,(H2,16,18). The van der Waals surface area contributed by atoms with Gasteiger partial charge >= 0.3 is 6.09 Å². The Morgan fingerprint density at radius 1 is 1.35 bits per heavy atom. The van der Waals surface area contributed by atoms with E-state index in [0.717, 1.165) is 13.0 Å². The average Bonchev–Trinajstić information content (AvgIpc) is 2.45. The first-order chi connectivity index (χ1) is 9.58. The Morgan fingerprint density at radius 3 is 2.65 bits per heavy atom. The zero-order valence-electron chi connectivity index (χ0n) is 12.3. The van der Waals surface area contributed by atoms with Gasteiger partial charge in [-0.1, -0.05) is 19.3 Å². The van der Waals surface area contributed by atoms with E-state index in [9.17, 15) is 9.59 Å². The quantitative estimate of drug-likeness (QED) is 0.841. The number of ether oxygens (including phenoxy) is 1. The summed E-state index contributed by atoms with van der Waals surface area (Å²) in [5, 5.41) is 0. The van der Waals surface area contributed by atoms with Gasteiger partial charge in [-0.3, -0.25) is 4.79 Å². The molecule has 1 saturated heterocycles. The number of nitrogens with two attached hydrogens (primary N) is 1. The second-order valence-electron chi connectivity index (χ2n) is 6.13. The van der Waals surface area contributed by atoms with Gasteiger partial charge in [0.1, 0.15) is 6.10 Å². The zero-order chi connectivity index (χ0) is 14.5. The summed E-state index contributed by atoms with van der Waals surface area (Å²) in [5.41, 5.74) is 5.13. The van der Waals surface area contributed by atoms with Gasteiger partial charge in [0.2, 0.25) is 5.91 Å². The number of hydrogen-bond donors (Lipinski definition) is 1. The predicted molar refractivity (Wildman–Crippen MR) is 76.1 cm³/mol. The van der Waals surface area contributed by atoms with Crippen LogP contribution in [0.5, 0.6) is 0 Å². The van der Waals surface area contributed by atoms with E-state index in [4.69, 9.17) is 10.5 Å². The molecule has 0 aromatic carbocycles. The lowest BCUT2D eigenvalue weighted by Gasteiger charge is -2.40. The van der Waals surface area contributed by atoms with E-state index in [1.165, 1.54) is 32.1 Å². The first kappa shape index (κ1) is 15.1. The fourth-order valence-corrected chi connectivity index (χ4v) is 3.39. The van der Waals surface area contributed by atoms with Crippen molar-refractivity contribution in [2.45, 2.75) is 70.4 Å². The maximum atomic E-state index is 12.1. The van der Waals surface area contributed by atoms with Crippen LogP contribution in [0.2, 0.25) is 0 Å². The predicted octanol–water partition coefficient (Wildman–Crippen LogP) is 2.43. The lowest BCUT2D eigenvalue weighted by Crippen LogP contribution is -2.49. The molecule has 2 aliphatic rings. The molecule has 5 nitrogen and oxygen atoms in total. The van der Waals surface area contributed by atoms with Gasteiger partial charge in [0, 0.05) is 25.4 Å². The average molecular weight is 282 g/mol. The van der Waals surface area contributed by atoms with Crippen LogP contribution >= 0.6 is 0 Å². The highest BCUT2D eigenvalue weighted by Crippen LogP contribution is 2.30. The normalized spacial score (nSPS) is 26.1. The van der Waals surface area contributed by atoms with Crippen molar-refractivity contribution in [1.82, 2.24) is 4.90 Å². The molecule has 2 amide bonds. The molecule has 0 radical (unpaired) electrons. The number of cyclic esters (lactones) is 1. The Hall–Kier alpha value is -1.26.